The van der Waals surface area contributed by atoms with Crippen molar-refractivity contribution in [2.24, 2.45) is 0 Å². The molecule has 27 heavy (non-hydrogen) atoms. The van der Waals surface area contributed by atoms with Gasteiger partial charge in [0, 0.05) is 12.1 Å². The van der Waals surface area contributed by atoms with Gasteiger partial charge in [0.25, 0.3) is 5.91 Å². The molecular weight excluding hydrogens is 359 g/mol. The number of amides is 1. The molecule has 0 aliphatic rings. The van der Waals surface area contributed by atoms with E-state index in [0.717, 1.165) is 17.7 Å². The number of carbonyl (C=O) groups is 1. The van der Waals surface area contributed by atoms with Crippen molar-refractivity contribution in [1.29, 1.82) is 0 Å². The second-order valence-corrected chi connectivity index (χ2v) is 5.78. The van der Waals surface area contributed by atoms with Crippen molar-refractivity contribution in [2.75, 3.05) is 7.11 Å². The Kier molecular flexibility index (Phi) is 5.21. The molecule has 140 valence electrons. The van der Waals surface area contributed by atoms with Crippen LogP contribution in [0.2, 0.25) is 0 Å². The van der Waals surface area contributed by atoms with Gasteiger partial charge in [0.05, 0.1) is 12.7 Å². The van der Waals surface area contributed by atoms with Crippen molar-refractivity contribution < 1.29 is 27.1 Å². The van der Waals surface area contributed by atoms with Crippen LogP contribution in [0.25, 0.3) is 11.3 Å². The van der Waals surface area contributed by atoms with Crippen LogP contribution in [0.5, 0.6) is 5.75 Å². The van der Waals surface area contributed by atoms with E-state index in [0.29, 0.717) is 5.75 Å². The van der Waals surface area contributed by atoms with E-state index >= 15 is 0 Å². The highest BCUT2D eigenvalue weighted by Crippen LogP contribution is 2.32. The minimum Gasteiger partial charge on any atom is -0.497 e. The van der Waals surface area contributed by atoms with Crippen LogP contribution in [0.15, 0.2) is 65.1 Å². The Morgan fingerprint density at radius 2 is 1.85 bits per heavy atom. The molecule has 1 aromatic heterocycles. The number of rotatable bonds is 5. The average molecular weight is 375 g/mol. The van der Waals surface area contributed by atoms with Gasteiger partial charge in [-0.15, -0.1) is 0 Å². The smallest absolute Gasteiger partial charge is 0.416 e. The van der Waals surface area contributed by atoms with Crippen molar-refractivity contribution in [3.63, 3.8) is 0 Å². The number of furan rings is 1. The van der Waals surface area contributed by atoms with Crippen LogP contribution in [0.4, 0.5) is 13.2 Å². The Hall–Kier alpha value is -3.22. The molecule has 7 heteroatoms. The van der Waals surface area contributed by atoms with Gasteiger partial charge in [0.2, 0.25) is 0 Å². The van der Waals surface area contributed by atoms with Crippen molar-refractivity contribution in [3.05, 3.63) is 77.6 Å². The summed E-state index contributed by atoms with van der Waals surface area (Å²) in [6.07, 6.45) is -4.44. The lowest BCUT2D eigenvalue weighted by molar-refractivity contribution is -0.137. The molecule has 1 N–H and O–H groups in total. The van der Waals surface area contributed by atoms with Crippen molar-refractivity contribution in [1.82, 2.24) is 5.32 Å². The van der Waals surface area contributed by atoms with E-state index in [1.54, 1.807) is 25.3 Å². The fourth-order valence-corrected chi connectivity index (χ4v) is 2.52. The first-order chi connectivity index (χ1) is 12.9. The summed E-state index contributed by atoms with van der Waals surface area (Å²) in [5.41, 5.74) is 0.310. The predicted octanol–water partition coefficient (Wildman–Crippen LogP) is 4.90. The molecule has 0 aliphatic carbocycles. The van der Waals surface area contributed by atoms with Crippen LogP contribution in [-0.2, 0) is 12.7 Å². The molecule has 0 atom stereocenters. The third-order valence-corrected chi connectivity index (χ3v) is 3.89. The molecule has 3 rings (SSSR count). The maximum Gasteiger partial charge on any atom is 0.416 e. The number of ether oxygens (including phenoxy) is 1. The van der Waals surface area contributed by atoms with Crippen molar-refractivity contribution >= 4 is 5.91 Å². The zero-order chi connectivity index (χ0) is 19.4. The molecule has 1 amide bonds. The zero-order valence-corrected chi connectivity index (χ0v) is 14.3. The van der Waals surface area contributed by atoms with Crippen LogP contribution in [0.1, 0.15) is 21.7 Å². The van der Waals surface area contributed by atoms with Gasteiger partial charge in [-0.2, -0.15) is 13.2 Å². The number of alkyl halides is 3. The fourth-order valence-electron chi connectivity index (χ4n) is 2.52. The summed E-state index contributed by atoms with van der Waals surface area (Å²) in [6, 6.07) is 14.9. The van der Waals surface area contributed by atoms with Crippen LogP contribution >= 0.6 is 0 Å². The van der Waals surface area contributed by atoms with E-state index in [-0.39, 0.29) is 23.6 Å². The van der Waals surface area contributed by atoms with Crippen LogP contribution in [0, 0.1) is 0 Å². The molecular formula is C20H16F3NO3. The molecule has 0 aliphatic heterocycles. The van der Waals surface area contributed by atoms with Crippen LogP contribution in [-0.4, -0.2) is 13.0 Å². The average Bonchev–Trinajstić information content (AvgIpc) is 3.16. The first-order valence-electron chi connectivity index (χ1n) is 8.05. The van der Waals surface area contributed by atoms with E-state index in [1.165, 1.54) is 24.3 Å². The normalized spacial score (nSPS) is 11.3. The van der Waals surface area contributed by atoms with Crippen LogP contribution < -0.4 is 10.1 Å². The summed E-state index contributed by atoms with van der Waals surface area (Å²) in [7, 11) is 1.55. The fraction of sp³-hybridized carbons (Fsp3) is 0.150. The summed E-state index contributed by atoms with van der Waals surface area (Å²) >= 11 is 0. The number of hydrogen-bond donors (Lipinski definition) is 1. The maximum atomic E-state index is 12.8. The molecule has 0 radical (unpaired) electrons. The van der Waals surface area contributed by atoms with E-state index in [2.05, 4.69) is 5.32 Å². The highest BCUT2D eigenvalue weighted by atomic mass is 19.4. The SMILES string of the molecule is COc1cccc(CNC(=O)c2ccc(-c3cccc(C(F)(F)F)c3)o2)c1. The summed E-state index contributed by atoms with van der Waals surface area (Å²) in [6.45, 7) is 0.260. The second-order valence-electron chi connectivity index (χ2n) is 5.78. The minimum absolute atomic E-state index is 0.0188. The third kappa shape index (κ3) is 4.49. The standard InChI is InChI=1S/C20H16F3NO3/c1-26-16-7-2-4-13(10-16)12-24-19(25)18-9-8-17(27-18)14-5-3-6-15(11-14)20(21,22)23/h2-11H,12H2,1H3,(H,24,25). The Bertz CT molecular complexity index is 947. The topological polar surface area (TPSA) is 51.5 Å². The Balaban J connectivity index is 1.71. The molecule has 3 aromatic rings. The first kappa shape index (κ1) is 18.6. The highest BCUT2D eigenvalue weighted by molar-refractivity contribution is 5.92. The molecule has 2 aromatic carbocycles. The van der Waals surface area contributed by atoms with Crippen LogP contribution in [0.3, 0.4) is 0 Å². The molecule has 0 saturated heterocycles. The molecule has 0 spiro atoms. The predicted molar refractivity (Wildman–Crippen MR) is 93.3 cm³/mol. The summed E-state index contributed by atoms with van der Waals surface area (Å²) in [5, 5.41) is 2.70. The van der Waals surface area contributed by atoms with Gasteiger partial charge >= 0.3 is 6.18 Å². The monoisotopic (exact) mass is 375 g/mol. The largest absolute Gasteiger partial charge is 0.497 e. The molecule has 0 fully saturated rings. The lowest BCUT2D eigenvalue weighted by Crippen LogP contribution is -2.22. The summed E-state index contributed by atoms with van der Waals surface area (Å²) in [4.78, 5) is 12.2. The molecule has 0 bridgehead atoms. The Labute approximate surface area is 153 Å². The lowest BCUT2D eigenvalue weighted by Gasteiger charge is -2.07. The Morgan fingerprint density at radius 3 is 2.59 bits per heavy atom. The van der Waals surface area contributed by atoms with E-state index in [9.17, 15) is 18.0 Å². The molecule has 4 nitrogen and oxygen atoms in total. The van der Waals surface area contributed by atoms with Gasteiger partial charge < -0.3 is 14.5 Å². The van der Waals surface area contributed by atoms with Gasteiger partial charge in [-0.3, -0.25) is 4.79 Å². The molecule has 1 heterocycles. The van der Waals surface area contributed by atoms with Gasteiger partial charge in [-0.25, -0.2) is 0 Å². The number of halogens is 3. The Morgan fingerprint density at radius 1 is 1.07 bits per heavy atom. The summed E-state index contributed by atoms with van der Waals surface area (Å²) < 4.78 is 49.0. The third-order valence-electron chi connectivity index (χ3n) is 3.89. The molecule has 0 saturated carbocycles. The number of hydrogen-bond acceptors (Lipinski definition) is 3. The quantitative estimate of drug-likeness (QED) is 0.690. The van der Waals surface area contributed by atoms with E-state index in [1.807, 2.05) is 6.07 Å². The van der Waals surface area contributed by atoms with Crippen molar-refractivity contribution in [3.8, 4) is 17.1 Å². The molecule has 0 unspecified atom stereocenters. The number of nitrogens with one attached hydrogen (secondary N) is 1. The van der Waals surface area contributed by atoms with Gasteiger partial charge in [0.1, 0.15) is 11.5 Å². The van der Waals surface area contributed by atoms with Gasteiger partial charge in [-0.05, 0) is 42.0 Å². The minimum atomic E-state index is -4.44. The van der Waals surface area contributed by atoms with E-state index in [4.69, 9.17) is 9.15 Å². The summed E-state index contributed by atoms with van der Waals surface area (Å²) in [5.74, 6) is 0.417. The highest BCUT2D eigenvalue weighted by Gasteiger charge is 2.30. The number of methoxy groups -OCH3 is 1. The lowest BCUT2D eigenvalue weighted by atomic mass is 10.1. The van der Waals surface area contributed by atoms with Gasteiger partial charge in [0.15, 0.2) is 5.76 Å². The second kappa shape index (κ2) is 7.57. The maximum absolute atomic E-state index is 12.8. The zero-order valence-electron chi connectivity index (χ0n) is 14.3. The van der Waals surface area contributed by atoms with Crippen molar-refractivity contribution in [2.45, 2.75) is 12.7 Å². The van der Waals surface area contributed by atoms with Gasteiger partial charge in [-0.1, -0.05) is 24.3 Å². The first-order valence-corrected chi connectivity index (χ1v) is 8.05. The number of benzene rings is 2. The number of carbonyl (C=O) groups excluding carboxylic acids is 1. The van der Waals surface area contributed by atoms with E-state index < -0.39 is 17.6 Å².